The fourth-order valence-electron chi connectivity index (χ4n) is 1.58. The Hall–Kier alpha value is -0.610. The largest absolute Gasteiger partial charge is 0.466 e. The van der Waals surface area contributed by atoms with E-state index >= 15 is 0 Å². The third-order valence-electron chi connectivity index (χ3n) is 2.82. The molecule has 0 heterocycles. The molecule has 1 saturated carbocycles. The van der Waals surface area contributed by atoms with E-state index in [0.29, 0.717) is 24.6 Å². The number of hydrogen-bond donors (Lipinski definition) is 2. The molecular weight excluding hydrogens is 194 g/mol. The van der Waals surface area contributed by atoms with Gasteiger partial charge in [0.05, 0.1) is 19.1 Å². The predicted molar refractivity (Wildman–Crippen MR) is 57.4 cm³/mol. The minimum Gasteiger partial charge on any atom is -0.466 e. The molecule has 0 aromatic heterocycles. The minimum atomic E-state index is -0.638. The number of rotatable bonds is 6. The van der Waals surface area contributed by atoms with Crippen molar-refractivity contribution in [1.82, 2.24) is 5.32 Å². The number of carbonyl (C=O) groups excluding carboxylic acids is 1. The highest BCUT2D eigenvalue weighted by Crippen LogP contribution is 2.44. The number of aliphatic hydroxyl groups is 1. The van der Waals surface area contributed by atoms with Crippen LogP contribution >= 0.6 is 0 Å². The highest BCUT2D eigenvalue weighted by Gasteiger charge is 2.45. The maximum absolute atomic E-state index is 11.0. The van der Waals surface area contributed by atoms with Crippen LogP contribution in [0, 0.1) is 5.41 Å². The van der Waals surface area contributed by atoms with Gasteiger partial charge in [-0.05, 0) is 18.8 Å². The summed E-state index contributed by atoms with van der Waals surface area (Å²) in [5.41, 5.74) is 0.351. The van der Waals surface area contributed by atoms with E-state index in [1.165, 1.54) is 0 Å². The van der Waals surface area contributed by atoms with E-state index in [9.17, 15) is 9.90 Å². The molecule has 0 aromatic rings. The summed E-state index contributed by atoms with van der Waals surface area (Å²) in [5, 5.41) is 12.8. The summed E-state index contributed by atoms with van der Waals surface area (Å²) in [6.07, 6.45) is 0.577. The van der Waals surface area contributed by atoms with Crippen LogP contribution in [0.2, 0.25) is 0 Å². The molecule has 2 atom stereocenters. The van der Waals surface area contributed by atoms with E-state index in [-0.39, 0.29) is 12.4 Å². The second-order valence-electron chi connectivity index (χ2n) is 4.82. The summed E-state index contributed by atoms with van der Waals surface area (Å²) in [6.45, 7) is 6.96. The second-order valence-corrected chi connectivity index (χ2v) is 4.82. The van der Waals surface area contributed by atoms with E-state index in [2.05, 4.69) is 19.2 Å². The van der Waals surface area contributed by atoms with Crippen LogP contribution < -0.4 is 5.32 Å². The molecule has 0 saturated heterocycles. The highest BCUT2D eigenvalue weighted by molar-refractivity contribution is 5.69. The van der Waals surface area contributed by atoms with Crippen molar-refractivity contribution >= 4 is 5.97 Å². The van der Waals surface area contributed by atoms with E-state index in [1.807, 2.05) is 0 Å². The van der Waals surface area contributed by atoms with Gasteiger partial charge in [-0.25, -0.2) is 0 Å². The Kier molecular flexibility index (Phi) is 4.11. The summed E-state index contributed by atoms with van der Waals surface area (Å²) in [6, 6.07) is 0.481. The summed E-state index contributed by atoms with van der Waals surface area (Å²) in [4.78, 5) is 11.0. The minimum absolute atomic E-state index is 0.0774. The lowest BCUT2D eigenvalue weighted by Gasteiger charge is -2.12. The molecule has 0 aromatic carbocycles. The fourth-order valence-corrected chi connectivity index (χ4v) is 1.58. The Morgan fingerprint density at radius 3 is 2.73 bits per heavy atom. The van der Waals surface area contributed by atoms with Crippen LogP contribution in [0.25, 0.3) is 0 Å². The van der Waals surface area contributed by atoms with Gasteiger partial charge in [0.1, 0.15) is 0 Å². The average Bonchev–Trinajstić information content (AvgIpc) is 2.71. The lowest BCUT2D eigenvalue weighted by atomic mass is 10.2. The van der Waals surface area contributed by atoms with Gasteiger partial charge in [0.15, 0.2) is 0 Å². The Labute approximate surface area is 91.0 Å². The van der Waals surface area contributed by atoms with E-state index in [1.54, 1.807) is 6.92 Å². The summed E-state index contributed by atoms with van der Waals surface area (Å²) in [7, 11) is 0. The molecule has 2 unspecified atom stereocenters. The number of carbonyl (C=O) groups is 1. The summed E-state index contributed by atoms with van der Waals surface area (Å²) >= 11 is 0. The van der Waals surface area contributed by atoms with E-state index < -0.39 is 6.10 Å². The molecule has 0 radical (unpaired) electrons. The number of nitrogens with one attached hydrogen (secondary N) is 1. The van der Waals surface area contributed by atoms with Crippen molar-refractivity contribution < 1.29 is 14.6 Å². The van der Waals surface area contributed by atoms with Crippen molar-refractivity contribution in [2.45, 2.75) is 45.8 Å². The van der Waals surface area contributed by atoms with Crippen molar-refractivity contribution in [3.05, 3.63) is 0 Å². The molecule has 0 amide bonds. The van der Waals surface area contributed by atoms with Gasteiger partial charge in [0, 0.05) is 12.6 Å². The maximum Gasteiger partial charge on any atom is 0.308 e. The number of esters is 1. The summed E-state index contributed by atoms with van der Waals surface area (Å²) in [5.74, 6) is -0.332. The van der Waals surface area contributed by atoms with E-state index in [0.717, 1.165) is 6.42 Å². The molecule has 4 heteroatoms. The molecular formula is C11H21NO3. The second kappa shape index (κ2) is 4.94. The lowest BCUT2D eigenvalue weighted by molar-refractivity contribution is -0.145. The van der Waals surface area contributed by atoms with Crippen molar-refractivity contribution in [3.63, 3.8) is 0 Å². The normalized spacial score (nSPS) is 24.7. The molecule has 0 bridgehead atoms. The van der Waals surface area contributed by atoms with Gasteiger partial charge in [0.25, 0.3) is 0 Å². The van der Waals surface area contributed by atoms with Crippen molar-refractivity contribution in [3.8, 4) is 0 Å². The monoisotopic (exact) mass is 215 g/mol. The molecule has 1 aliphatic rings. The average molecular weight is 215 g/mol. The molecule has 0 spiro atoms. The van der Waals surface area contributed by atoms with Crippen LogP contribution in [-0.2, 0) is 9.53 Å². The molecule has 0 aliphatic heterocycles. The zero-order valence-corrected chi connectivity index (χ0v) is 9.75. The van der Waals surface area contributed by atoms with Crippen LogP contribution in [0.3, 0.4) is 0 Å². The van der Waals surface area contributed by atoms with Gasteiger partial charge in [0.2, 0.25) is 0 Å². The fraction of sp³-hybridized carbons (Fsp3) is 0.909. The third-order valence-corrected chi connectivity index (χ3v) is 2.82. The SMILES string of the molecule is CCOC(=O)CC(O)CNC1CC1(C)C. The zero-order chi connectivity index (χ0) is 11.5. The number of ether oxygens (including phenoxy) is 1. The summed E-state index contributed by atoms with van der Waals surface area (Å²) < 4.78 is 4.75. The first-order chi connectivity index (χ1) is 6.95. The van der Waals surface area contributed by atoms with Gasteiger partial charge >= 0.3 is 5.97 Å². The molecule has 15 heavy (non-hydrogen) atoms. The predicted octanol–water partition coefficient (Wildman–Crippen LogP) is 0.689. The Balaban J connectivity index is 2.09. The third kappa shape index (κ3) is 4.18. The Morgan fingerprint density at radius 2 is 2.27 bits per heavy atom. The van der Waals surface area contributed by atoms with Gasteiger partial charge in [-0.1, -0.05) is 13.8 Å². The first kappa shape index (κ1) is 12.5. The first-order valence-corrected chi connectivity index (χ1v) is 5.52. The topological polar surface area (TPSA) is 58.6 Å². The smallest absolute Gasteiger partial charge is 0.308 e. The van der Waals surface area contributed by atoms with Gasteiger partial charge < -0.3 is 15.2 Å². The van der Waals surface area contributed by atoms with Crippen LogP contribution in [0.4, 0.5) is 0 Å². The Morgan fingerprint density at radius 1 is 1.67 bits per heavy atom. The van der Waals surface area contributed by atoms with Crippen LogP contribution in [0.5, 0.6) is 0 Å². The molecule has 4 nitrogen and oxygen atoms in total. The van der Waals surface area contributed by atoms with Crippen LogP contribution in [0.1, 0.15) is 33.6 Å². The van der Waals surface area contributed by atoms with Gasteiger partial charge in [-0.15, -0.1) is 0 Å². The maximum atomic E-state index is 11.0. The van der Waals surface area contributed by atoms with Crippen molar-refractivity contribution in [2.24, 2.45) is 5.41 Å². The molecule has 1 aliphatic carbocycles. The number of aliphatic hydroxyl groups excluding tert-OH is 1. The first-order valence-electron chi connectivity index (χ1n) is 5.52. The van der Waals surface area contributed by atoms with Crippen molar-refractivity contribution in [2.75, 3.05) is 13.2 Å². The standard InChI is InChI=1S/C11H21NO3/c1-4-15-10(14)5-8(13)7-12-9-6-11(9,2)3/h8-9,12-13H,4-7H2,1-3H3. The quantitative estimate of drug-likeness (QED) is 0.640. The van der Waals surface area contributed by atoms with Gasteiger partial charge in [-0.2, -0.15) is 0 Å². The molecule has 88 valence electrons. The highest BCUT2D eigenvalue weighted by atomic mass is 16.5. The number of hydrogen-bond acceptors (Lipinski definition) is 4. The Bertz CT molecular complexity index is 228. The molecule has 2 N–H and O–H groups in total. The van der Waals surface area contributed by atoms with E-state index in [4.69, 9.17) is 4.74 Å². The molecule has 1 rings (SSSR count). The zero-order valence-electron chi connectivity index (χ0n) is 9.75. The van der Waals surface area contributed by atoms with Crippen LogP contribution in [-0.4, -0.2) is 36.4 Å². The molecule has 1 fully saturated rings. The van der Waals surface area contributed by atoms with Crippen molar-refractivity contribution in [1.29, 1.82) is 0 Å². The van der Waals surface area contributed by atoms with Crippen LogP contribution in [0.15, 0.2) is 0 Å². The van der Waals surface area contributed by atoms with Gasteiger partial charge in [-0.3, -0.25) is 4.79 Å². The lowest BCUT2D eigenvalue weighted by Crippen LogP contribution is -2.32.